The average Bonchev–Trinajstić information content (AvgIpc) is 3.94. The van der Waals surface area contributed by atoms with Gasteiger partial charge >= 0.3 is 0 Å². The molecule has 0 amide bonds. The van der Waals surface area contributed by atoms with Crippen LogP contribution in [0.1, 0.15) is 16.7 Å². The molecule has 0 saturated heterocycles. The smallest absolute Gasteiger partial charge is 0.0792 e. The first-order valence-electron chi connectivity index (χ1n) is 22.9. The van der Waals surface area contributed by atoms with E-state index in [0.717, 1.165) is 28.2 Å². The summed E-state index contributed by atoms with van der Waals surface area (Å²) >= 11 is 1.87. The van der Waals surface area contributed by atoms with E-state index in [1.165, 1.54) is 86.6 Å². The molecule has 0 bridgehead atoms. The van der Waals surface area contributed by atoms with Crippen molar-refractivity contribution in [3.8, 4) is 44.5 Å². The highest BCUT2D eigenvalue weighted by molar-refractivity contribution is 7.26. The molecule has 0 aliphatic heterocycles. The van der Waals surface area contributed by atoms with Crippen molar-refractivity contribution < 1.29 is 0 Å². The van der Waals surface area contributed by atoms with Crippen molar-refractivity contribution in [3.63, 3.8) is 0 Å². The molecule has 67 heavy (non-hydrogen) atoms. The van der Waals surface area contributed by atoms with Crippen molar-refractivity contribution in [1.82, 2.24) is 0 Å². The molecule has 0 spiro atoms. The normalized spacial score (nSPS) is 14.7. The molecule has 1 heterocycles. The van der Waals surface area contributed by atoms with Crippen molar-refractivity contribution in [2.45, 2.75) is 5.41 Å². The second-order valence-corrected chi connectivity index (χ2v) is 18.4. The molecule has 1 atom stereocenters. The molecule has 2 aliphatic rings. The van der Waals surface area contributed by atoms with Gasteiger partial charge in [-0.05, 0) is 115 Å². The van der Waals surface area contributed by atoms with Gasteiger partial charge in [-0.2, -0.15) is 0 Å². The minimum absolute atomic E-state index is 0.545. The van der Waals surface area contributed by atoms with Gasteiger partial charge in [-0.25, -0.2) is 0 Å². The van der Waals surface area contributed by atoms with Gasteiger partial charge in [0.05, 0.1) is 11.1 Å². The topological polar surface area (TPSA) is 3.24 Å². The second kappa shape index (κ2) is 15.9. The fourth-order valence-corrected chi connectivity index (χ4v) is 12.1. The van der Waals surface area contributed by atoms with E-state index in [9.17, 15) is 0 Å². The van der Waals surface area contributed by atoms with E-state index >= 15 is 0 Å². The highest BCUT2D eigenvalue weighted by atomic mass is 32.1. The molecule has 0 fully saturated rings. The van der Waals surface area contributed by atoms with Crippen LogP contribution in [0.15, 0.2) is 266 Å². The van der Waals surface area contributed by atoms with Gasteiger partial charge in [0, 0.05) is 48.2 Å². The van der Waals surface area contributed by atoms with E-state index in [1.54, 1.807) is 0 Å². The molecule has 1 nitrogen and oxygen atoms in total. The molecule has 2 heteroatoms. The molecule has 13 rings (SSSR count). The van der Waals surface area contributed by atoms with E-state index < -0.39 is 5.41 Å². The quantitative estimate of drug-likeness (QED) is 0.138. The number of hydrogen-bond donors (Lipinski definition) is 0. The Morgan fingerprint density at radius 1 is 0.418 bits per heavy atom. The summed E-state index contributed by atoms with van der Waals surface area (Å²) in [7, 11) is 0. The second-order valence-electron chi connectivity index (χ2n) is 17.4. The van der Waals surface area contributed by atoms with Crippen LogP contribution in [0, 0.1) is 0 Å². The Labute approximate surface area is 394 Å². The Morgan fingerprint density at radius 2 is 1.03 bits per heavy atom. The van der Waals surface area contributed by atoms with E-state index in [4.69, 9.17) is 0 Å². The molecule has 0 saturated carbocycles. The Hall–Kier alpha value is -8.48. The molecule has 2 aliphatic carbocycles. The van der Waals surface area contributed by atoms with Crippen molar-refractivity contribution in [2.75, 3.05) is 4.90 Å². The number of benzene rings is 10. The first kappa shape index (κ1) is 38.9. The number of thiophene rings is 1. The maximum absolute atomic E-state index is 3.56. The summed E-state index contributed by atoms with van der Waals surface area (Å²) in [4.78, 5) is 2.43. The number of hydrogen-bond acceptors (Lipinski definition) is 2. The van der Waals surface area contributed by atoms with Gasteiger partial charge in [-0.1, -0.05) is 206 Å². The number of nitrogens with zero attached hydrogens (tertiary/aromatic N) is 1. The van der Waals surface area contributed by atoms with Crippen LogP contribution in [0.2, 0.25) is 0 Å². The van der Waals surface area contributed by atoms with Gasteiger partial charge in [-0.3, -0.25) is 0 Å². The zero-order valence-electron chi connectivity index (χ0n) is 36.5. The number of rotatable bonds is 8. The lowest BCUT2D eigenvalue weighted by Gasteiger charge is -2.33. The molecule has 1 aromatic heterocycles. The van der Waals surface area contributed by atoms with Crippen LogP contribution >= 0.6 is 11.3 Å². The largest absolute Gasteiger partial charge is 0.310 e. The molecule has 1 unspecified atom stereocenters. The fraction of sp³-hybridized carbons (Fsp3) is 0.0154. The van der Waals surface area contributed by atoms with Crippen LogP contribution in [0.3, 0.4) is 0 Å². The number of fused-ring (bicyclic) bond motifs is 7. The maximum Gasteiger partial charge on any atom is 0.0792 e. The van der Waals surface area contributed by atoms with E-state index in [2.05, 4.69) is 259 Å². The Kier molecular flexibility index (Phi) is 9.24. The van der Waals surface area contributed by atoms with Crippen LogP contribution in [-0.4, -0.2) is 0 Å². The van der Waals surface area contributed by atoms with Gasteiger partial charge in [-0.15, -0.1) is 11.3 Å². The lowest BCUT2D eigenvalue weighted by atomic mass is 9.67. The van der Waals surface area contributed by atoms with Crippen molar-refractivity contribution in [2.24, 2.45) is 0 Å². The van der Waals surface area contributed by atoms with Crippen molar-refractivity contribution in [3.05, 3.63) is 282 Å². The van der Waals surface area contributed by atoms with Crippen LogP contribution < -0.4 is 4.90 Å². The van der Waals surface area contributed by atoms with Gasteiger partial charge in [0.2, 0.25) is 0 Å². The summed E-state index contributed by atoms with van der Waals surface area (Å²) in [6, 6.07) is 84.7. The zero-order valence-corrected chi connectivity index (χ0v) is 37.3. The van der Waals surface area contributed by atoms with Crippen molar-refractivity contribution >= 4 is 59.3 Å². The van der Waals surface area contributed by atoms with Crippen LogP contribution in [0.4, 0.5) is 17.1 Å². The maximum atomic E-state index is 3.56. The standard InChI is InChI=1S/C65H41NS/c1-3-19-48(20-4-1)65(49-21-5-2-6-22-49)60-30-12-9-24-54(60)55-42-37-47(43-61(55)65)44-33-38-50(39-34-44)66(51-40-35-46(36-41-51)53-27-15-18-45-17-7-8-23-52(45)53)62-31-13-10-25-56(62)58-28-16-29-59-57-26-11-14-32-63(57)67-64(58)59/h1-5,7-21,23-43H. The molecule has 11 aromatic rings. The molecule has 0 N–H and O–H groups in total. The van der Waals surface area contributed by atoms with Crippen LogP contribution in [0.25, 0.3) is 75.5 Å². The SMILES string of the molecule is C1=C=C(C2(c3ccccc3)c3ccccc3-c3ccc(-c4ccc(N(c5ccc(-c6cccc7ccccc67)cc5)c5ccccc5-c5cccc6c5sc5ccccc56)cc4)cc32)C=CC=1. The summed E-state index contributed by atoms with van der Waals surface area (Å²) in [6.07, 6.45) is 6.23. The highest BCUT2D eigenvalue weighted by Gasteiger charge is 2.47. The first-order valence-corrected chi connectivity index (χ1v) is 23.7. The number of para-hydroxylation sites is 1. The number of allylic oxidation sites excluding steroid dienone is 4. The van der Waals surface area contributed by atoms with Gasteiger partial charge in [0.15, 0.2) is 0 Å². The minimum atomic E-state index is -0.545. The summed E-state index contributed by atoms with van der Waals surface area (Å²) in [5.74, 6) is 0. The van der Waals surface area contributed by atoms with E-state index in [0.29, 0.717) is 0 Å². The molecule has 312 valence electrons. The van der Waals surface area contributed by atoms with Gasteiger partial charge < -0.3 is 4.90 Å². The molecular formula is C65H41NS. The summed E-state index contributed by atoms with van der Waals surface area (Å²) in [6.45, 7) is 0. The van der Waals surface area contributed by atoms with Crippen LogP contribution in [-0.2, 0) is 5.41 Å². The van der Waals surface area contributed by atoms with E-state index in [1.807, 2.05) is 17.4 Å². The highest BCUT2D eigenvalue weighted by Crippen LogP contribution is 2.57. The lowest BCUT2D eigenvalue weighted by molar-refractivity contribution is 0.768. The summed E-state index contributed by atoms with van der Waals surface area (Å²) in [5.41, 5.74) is 24.1. The third-order valence-corrected chi connectivity index (χ3v) is 15.0. The monoisotopic (exact) mass is 867 g/mol. The lowest BCUT2D eigenvalue weighted by Crippen LogP contribution is -2.28. The van der Waals surface area contributed by atoms with Gasteiger partial charge in [0.25, 0.3) is 0 Å². The predicted molar refractivity (Wildman–Crippen MR) is 284 cm³/mol. The zero-order chi connectivity index (χ0) is 44.3. The van der Waals surface area contributed by atoms with Gasteiger partial charge in [0.1, 0.15) is 0 Å². The summed E-state index contributed by atoms with van der Waals surface area (Å²) in [5, 5.41) is 5.09. The third-order valence-electron chi connectivity index (χ3n) is 13.8. The number of anilines is 3. The molecule has 10 aromatic carbocycles. The molecular weight excluding hydrogens is 827 g/mol. The van der Waals surface area contributed by atoms with Crippen LogP contribution in [0.5, 0.6) is 0 Å². The average molecular weight is 868 g/mol. The van der Waals surface area contributed by atoms with E-state index in [-0.39, 0.29) is 0 Å². The fourth-order valence-electron chi connectivity index (χ4n) is 10.8. The Bertz CT molecular complexity index is 3870. The Morgan fingerprint density at radius 3 is 1.85 bits per heavy atom. The minimum Gasteiger partial charge on any atom is -0.310 e. The molecule has 0 radical (unpaired) electrons. The summed E-state index contributed by atoms with van der Waals surface area (Å²) < 4.78 is 2.60. The first-order chi connectivity index (χ1) is 33.2. The Balaban J connectivity index is 0.962. The third kappa shape index (κ3) is 6.24. The predicted octanol–water partition coefficient (Wildman–Crippen LogP) is 17.8. The van der Waals surface area contributed by atoms with Crippen molar-refractivity contribution in [1.29, 1.82) is 0 Å².